The third-order valence-corrected chi connectivity index (χ3v) is 5.70. The van der Waals surface area contributed by atoms with Gasteiger partial charge in [-0.2, -0.15) is 0 Å². The largest absolute Gasteiger partial charge is 0.372 e. The fourth-order valence-electron chi connectivity index (χ4n) is 3.46. The average Bonchev–Trinajstić information content (AvgIpc) is 3.30. The minimum absolute atomic E-state index is 0.132. The van der Waals surface area contributed by atoms with Crippen molar-refractivity contribution in [3.63, 3.8) is 0 Å². The van der Waals surface area contributed by atoms with E-state index in [0.717, 1.165) is 29.1 Å². The molecule has 0 spiro atoms. The summed E-state index contributed by atoms with van der Waals surface area (Å²) in [4.78, 5) is 28.4. The smallest absolute Gasteiger partial charge is 0.329 e. The van der Waals surface area contributed by atoms with E-state index >= 15 is 0 Å². The van der Waals surface area contributed by atoms with Gasteiger partial charge in [0.25, 0.3) is 5.91 Å². The zero-order chi connectivity index (χ0) is 19.7. The lowest BCUT2D eigenvalue weighted by molar-refractivity contribution is -0.123. The number of urea groups is 1. The van der Waals surface area contributed by atoms with Crippen LogP contribution in [0.2, 0.25) is 10.0 Å². The standard InChI is InChI=1S/C21H19Cl2N3O2/c22-17-8-5-15(11-18(17)23)13-26-20(27)19(24-21(26)28)12-14-3-6-16(7-4-14)25-9-1-2-10-25/h3-8,11-12H,1-2,9-10,13H2,(H,24,28). The predicted molar refractivity (Wildman–Crippen MR) is 111 cm³/mol. The molecule has 0 atom stereocenters. The first-order valence-corrected chi connectivity index (χ1v) is 9.90. The van der Waals surface area contributed by atoms with Gasteiger partial charge in [0.1, 0.15) is 5.70 Å². The topological polar surface area (TPSA) is 52.7 Å². The maximum absolute atomic E-state index is 12.7. The Kier molecular flexibility index (Phi) is 5.29. The van der Waals surface area contributed by atoms with Gasteiger partial charge in [0, 0.05) is 18.8 Å². The lowest BCUT2D eigenvalue weighted by atomic mass is 10.1. The molecule has 2 saturated heterocycles. The number of anilines is 1. The van der Waals surface area contributed by atoms with E-state index in [1.165, 1.54) is 18.5 Å². The van der Waals surface area contributed by atoms with Crippen LogP contribution in [0.3, 0.4) is 0 Å². The number of halogens is 2. The first kappa shape index (κ1) is 18.8. The number of carbonyl (C=O) groups excluding carboxylic acids is 2. The summed E-state index contributed by atoms with van der Waals surface area (Å²) in [5.74, 6) is -0.361. The number of amides is 3. The zero-order valence-electron chi connectivity index (χ0n) is 15.1. The molecule has 0 saturated carbocycles. The maximum atomic E-state index is 12.7. The van der Waals surface area contributed by atoms with Gasteiger partial charge < -0.3 is 10.2 Å². The Bertz CT molecular complexity index is 951. The van der Waals surface area contributed by atoms with Crippen LogP contribution in [0, 0.1) is 0 Å². The molecule has 2 aliphatic heterocycles. The van der Waals surface area contributed by atoms with Gasteiger partial charge in [-0.1, -0.05) is 41.4 Å². The van der Waals surface area contributed by atoms with E-state index in [1.54, 1.807) is 24.3 Å². The molecule has 0 aromatic heterocycles. The van der Waals surface area contributed by atoms with Gasteiger partial charge in [-0.05, 0) is 54.3 Å². The van der Waals surface area contributed by atoms with Gasteiger partial charge in [-0.15, -0.1) is 0 Å². The molecule has 2 aliphatic rings. The minimum atomic E-state index is -0.448. The van der Waals surface area contributed by atoms with Crippen molar-refractivity contribution in [1.82, 2.24) is 10.2 Å². The number of nitrogens with one attached hydrogen (secondary N) is 1. The number of hydrogen-bond donors (Lipinski definition) is 1. The average molecular weight is 416 g/mol. The summed E-state index contributed by atoms with van der Waals surface area (Å²) in [6.45, 7) is 2.30. The van der Waals surface area contributed by atoms with Crippen molar-refractivity contribution < 1.29 is 9.59 Å². The molecule has 0 unspecified atom stereocenters. The molecule has 2 aromatic rings. The summed E-state index contributed by atoms with van der Waals surface area (Å²) < 4.78 is 0. The van der Waals surface area contributed by atoms with Crippen molar-refractivity contribution in [1.29, 1.82) is 0 Å². The van der Waals surface area contributed by atoms with E-state index in [-0.39, 0.29) is 18.1 Å². The Morgan fingerprint density at radius 1 is 0.964 bits per heavy atom. The highest BCUT2D eigenvalue weighted by molar-refractivity contribution is 6.42. The van der Waals surface area contributed by atoms with Crippen LogP contribution in [0.4, 0.5) is 10.5 Å². The molecule has 0 radical (unpaired) electrons. The Morgan fingerprint density at radius 3 is 2.36 bits per heavy atom. The fraction of sp³-hybridized carbons (Fsp3) is 0.238. The van der Waals surface area contributed by atoms with E-state index in [9.17, 15) is 9.59 Å². The Labute approximate surface area is 173 Å². The third-order valence-electron chi connectivity index (χ3n) is 4.96. The monoisotopic (exact) mass is 415 g/mol. The second-order valence-corrected chi connectivity index (χ2v) is 7.73. The molecule has 144 valence electrons. The molecular formula is C21H19Cl2N3O2. The second-order valence-electron chi connectivity index (χ2n) is 6.91. The number of rotatable bonds is 4. The summed E-state index contributed by atoms with van der Waals surface area (Å²) >= 11 is 11.9. The van der Waals surface area contributed by atoms with E-state index in [4.69, 9.17) is 23.2 Å². The molecule has 4 rings (SSSR count). The normalized spacial score (nSPS) is 18.3. The molecule has 7 heteroatoms. The number of hydrogen-bond acceptors (Lipinski definition) is 3. The molecule has 28 heavy (non-hydrogen) atoms. The quantitative estimate of drug-likeness (QED) is 0.582. The summed E-state index contributed by atoms with van der Waals surface area (Å²) in [6, 6.07) is 12.6. The number of benzene rings is 2. The molecule has 3 amide bonds. The van der Waals surface area contributed by atoms with Crippen LogP contribution in [0.25, 0.3) is 6.08 Å². The minimum Gasteiger partial charge on any atom is -0.372 e. The predicted octanol–water partition coefficient (Wildman–Crippen LogP) is 4.69. The van der Waals surface area contributed by atoms with Crippen LogP contribution in [0.5, 0.6) is 0 Å². The van der Waals surface area contributed by atoms with Crippen LogP contribution in [0.15, 0.2) is 48.2 Å². The molecule has 2 heterocycles. The highest BCUT2D eigenvalue weighted by Gasteiger charge is 2.33. The van der Waals surface area contributed by atoms with Crippen molar-refractivity contribution in [3.05, 3.63) is 69.3 Å². The number of carbonyl (C=O) groups is 2. The van der Waals surface area contributed by atoms with Gasteiger partial charge >= 0.3 is 6.03 Å². The van der Waals surface area contributed by atoms with E-state index < -0.39 is 6.03 Å². The SMILES string of the molecule is O=C1NC(=Cc2ccc(N3CCCC3)cc2)C(=O)N1Cc1ccc(Cl)c(Cl)c1. The van der Waals surface area contributed by atoms with Crippen molar-refractivity contribution in [2.24, 2.45) is 0 Å². The van der Waals surface area contributed by atoms with Gasteiger partial charge in [-0.25, -0.2) is 4.79 Å². The number of imide groups is 1. The van der Waals surface area contributed by atoms with E-state index in [2.05, 4.69) is 10.2 Å². The van der Waals surface area contributed by atoms with Crippen LogP contribution in [0.1, 0.15) is 24.0 Å². The van der Waals surface area contributed by atoms with Gasteiger partial charge in [-0.3, -0.25) is 9.69 Å². The molecule has 5 nitrogen and oxygen atoms in total. The first-order valence-electron chi connectivity index (χ1n) is 9.15. The Morgan fingerprint density at radius 2 is 1.68 bits per heavy atom. The summed E-state index contributed by atoms with van der Waals surface area (Å²) in [6.07, 6.45) is 4.14. The highest BCUT2D eigenvalue weighted by Crippen LogP contribution is 2.25. The molecular weight excluding hydrogens is 397 g/mol. The summed E-state index contributed by atoms with van der Waals surface area (Å²) in [5.41, 5.74) is 3.04. The summed E-state index contributed by atoms with van der Waals surface area (Å²) in [7, 11) is 0. The van der Waals surface area contributed by atoms with E-state index in [0.29, 0.717) is 10.0 Å². The van der Waals surface area contributed by atoms with Gasteiger partial charge in [0.05, 0.1) is 16.6 Å². The first-order chi connectivity index (χ1) is 13.5. The molecule has 0 bridgehead atoms. The van der Waals surface area contributed by atoms with Crippen LogP contribution in [-0.2, 0) is 11.3 Å². The van der Waals surface area contributed by atoms with Crippen LogP contribution < -0.4 is 10.2 Å². The number of nitrogens with zero attached hydrogens (tertiary/aromatic N) is 2. The molecule has 1 N–H and O–H groups in total. The zero-order valence-corrected chi connectivity index (χ0v) is 16.6. The van der Waals surface area contributed by atoms with Gasteiger partial charge in [0.15, 0.2) is 0 Å². The van der Waals surface area contributed by atoms with Crippen LogP contribution >= 0.6 is 23.2 Å². The lowest BCUT2D eigenvalue weighted by Crippen LogP contribution is -2.30. The molecule has 2 fully saturated rings. The maximum Gasteiger partial charge on any atom is 0.329 e. The van der Waals surface area contributed by atoms with Crippen LogP contribution in [-0.4, -0.2) is 29.9 Å². The molecule has 0 aliphatic carbocycles. The van der Waals surface area contributed by atoms with Crippen molar-refractivity contribution >= 4 is 46.9 Å². The fourth-order valence-corrected chi connectivity index (χ4v) is 3.78. The Balaban J connectivity index is 1.49. The highest BCUT2D eigenvalue weighted by atomic mass is 35.5. The Hall–Kier alpha value is -2.50. The van der Waals surface area contributed by atoms with E-state index in [1.807, 2.05) is 24.3 Å². The van der Waals surface area contributed by atoms with Gasteiger partial charge in [0.2, 0.25) is 0 Å². The second kappa shape index (κ2) is 7.86. The third kappa shape index (κ3) is 3.86. The lowest BCUT2D eigenvalue weighted by Gasteiger charge is -2.17. The van der Waals surface area contributed by atoms with Crippen molar-refractivity contribution in [2.45, 2.75) is 19.4 Å². The van der Waals surface area contributed by atoms with Crippen molar-refractivity contribution in [3.8, 4) is 0 Å². The van der Waals surface area contributed by atoms with Crippen molar-refractivity contribution in [2.75, 3.05) is 18.0 Å². The molecule has 2 aromatic carbocycles. The summed E-state index contributed by atoms with van der Waals surface area (Å²) in [5, 5.41) is 3.47.